The summed E-state index contributed by atoms with van der Waals surface area (Å²) >= 11 is 0. The van der Waals surface area contributed by atoms with Crippen LogP contribution in [0.4, 0.5) is 18.9 Å². The first-order valence-electron chi connectivity index (χ1n) is 6.28. The topological polar surface area (TPSA) is 61.4 Å². The van der Waals surface area contributed by atoms with E-state index in [2.05, 4.69) is 10.6 Å². The molecule has 0 bridgehead atoms. The van der Waals surface area contributed by atoms with Gasteiger partial charge in [-0.15, -0.1) is 12.4 Å². The highest BCUT2D eigenvalue weighted by Crippen LogP contribution is 2.25. The number of nitrogens with one attached hydrogen (secondary N) is 2. The summed E-state index contributed by atoms with van der Waals surface area (Å²) in [6.07, 6.45) is -5.72. The molecule has 1 heterocycles. The predicted molar refractivity (Wildman–Crippen MR) is 74.9 cm³/mol. The molecule has 0 saturated carbocycles. The summed E-state index contributed by atoms with van der Waals surface area (Å²) in [5.74, 6) is -0.603. The zero-order valence-corrected chi connectivity index (χ0v) is 11.9. The van der Waals surface area contributed by atoms with Gasteiger partial charge in [0.15, 0.2) is 6.10 Å². The molecule has 1 atom stereocenters. The van der Waals surface area contributed by atoms with Gasteiger partial charge in [-0.05, 0) is 30.5 Å². The molecule has 21 heavy (non-hydrogen) atoms. The summed E-state index contributed by atoms with van der Waals surface area (Å²) in [4.78, 5) is 11.9. The van der Waals surface area contributed by atoms with Crippen molar-refractivity contribution in [3.05, 3.63) is 29.3 Å². The van der Waals surface area contributed by atoms with Gasteiger partial charge < -0.3 is 15.7 Å². The van der Waals surface area contributed by atoms with E-state index in [4.69, 9.17) is 5.11 Å². The molecule has 3 N–H and O–H groups in total. The highest BCUT2D eigenvalue weighted by atomic mass is 35.5. The van der Waals surface area contributed by atoms with Crippen LogP contribution in [-0.4, -0.2) is 36.4 Å². The Labute approximate surface area is 126 Å². The van der Waals surface area contributed by atoms with Crippen molar-refractivity contribution in [1.29, 1.82) is 0 Å². The third kappa shape index (κ3) is 4.25. The first-order valence-corrected chi connectivity index (χ1v) is 6.28. The Balaban J connectivity index is 0.00000220. The number of aliphatic hydroxyl groups is 1. The van der Waals surface area contributed by atoms with Crippen molar-refractivity contribution in [2.24, 2.45) is 0 Å². The molecule has 1 aromatic carbocycles. The molecule has 1 aliphatic rings. The summed E-state index contributed by atoms with van der Waals surface area (Å²) in [6, 6.07) is 5.07. The lowest BCUT2D eigenvalue weighted by molar-refractivity contribution is -0.201. The SMILES string of the molecule is Cl.O=C(NCC(O)C(F)(F)F)c1cccc2c1CCCN2. The van der Waals surface area contributed by atoms with Crippen LogP contribution in [0.15, 0.2) is 18.2 Å². The molecule has 1 aliphatic heterocycles. The lowest BCUT2D eigenvalue weighted by atomic mass is 9.97. The Bertz CT molecular complexity index is 509. The summed E-state index contributed by atoms with van der Waals surface area (Å²) in [6.45, 7) is -0.0374. The Kier molecular flexibility index (Phi) is 5.86. The molecule has 0 aromatic heterocycles. The molecular formula is C13H16ClF3N2O2. The van der Waals surface area contributed by atoms with E-state index in [-0.39, 0.29) is 12.4 Å². The van der Waals surface area contributed by atoms with E-state index in [0.29, 0.717) is 12.0 Å². The van der Waals surface area contributed by atoms with Gasteiger partial charge >= 0.3 is 6.18 Å². The van der Waals surface area contributed by atoms with E-state index < -0.39 is 24.7 Å². The molecule has 118 valence electrons. The molecule has 0 fully saturated rings. The van der Waals surface area contributed by atoms with Gasteiger partial charge in [-0.25, -0.2) is 0 Å². The Morgan fingerprint density at radius 3 is 2.81 bits per heavy atom. The number of carbonyl (C=O) groups excluding carboxylic acids is 1. The van der Waals surface area contributed by atoms with Crippen molar-refractivity contribution in [2.45, 2.75) is 25.1 Å². The number of alkyl halides is 3. The Hall–Kier alpha value is -1.47. The molecule has 1 amide bonds. The minimum atomic E-state index is -4.73. The van der Waals surface area contributed by atoms with Crippen molar-refractivity contribution in [3.63, 3.8) is 0 Å². The van der Waals surface area contributed by atoms with E-state index in [0.717, 1.165) is 24.2 Å². The van der Waals surface area contributed by atoms with Crippen LogP contribution in [0.25, 0.3) is 0 Å². The Morgan fingerprint density at radius 1 is 1.43 bits per heavy atom. The average molecular weight is 325 g/mol. The number of amides is 1. The number of fused-ring (bicyclic) bond motifs is 1. The molecule has 8 heteroatoms. The van der Waals surface area contributed by atoms with Crippen molar-refractivity contribution < 1.29 is 23.1 Å². The standard InChI is InChI=1S/C13H15F3N2O2.ClH/c14-13(15,16)11(19)7-18-12(20)9-3-1-5-10-8(9)4-2-6-17-10;/h1,3,5,11,17,19H,2,4,6-7H2,(H,18,20);1H. The fraction of sp³-hybridized carbons (Fsp3) is 0.462. The number of rotatable bonds is 3. The lowest BCUT2D eigenvalue weighted by Gasteiger charge is -2.21. The van der Waals surface area contributed by atoms with Crippen LogP contribution >= 0.6 is 12.4 Å². The molecule has 1 unspecified atom stereocenters. The summed E-state index contributed by atoms with van der Waals surface area (Å²) in [7, 11) is 0. The van der Waals surface area contributed by atoms with Crippen LogP contribution in [-0.2, 0) is 6.42 Å². The van der Waals surface area contributed by atoms with Gasteiger partial charge in [0.25, 0.3) is 5.91 Å². The number of hydrogen-bond acceptors (Lipinski definition) is 3. The van der Waals surface area contributed by atoms with E-state index in [1.165, 1.54) is 0 Å². The number of benzene rings is 1. The first kappa shape index (κ1) is 17.6. The highest BCUT2D eigenvalue weighted by Gasteiger charge is 2.38. The van der Waals surface area contributed by atoms with Gasteiger partial charge in [0.05, 0.1) is 6.54 Å². The maximum atomic E-state index is 12.2. The van der Waals surface area contributed by atoms with Gasteiger partial charge in [0, 0.05) is 17.8 Å². The van der Waals surface area contributed by atoms with Crippen LogP contribution in [0.1, 0.15) is 22.3 Å². The molecule has 0 spiro atoms. The average Bonchev–Trinajstić information content (AvgIpc) is 2.42. The van der Waals surface area contributed by atoms with Gasteiger partial charge in [0.2, 0.25) is 0 Å². The quantitative estimate of drug-likeness (QED) is 0.798. The molecule has 0 radical (unpaired) electrons. The fourth-order valence-electron chi connectivity index (χ4n) is 2.12. The summed E-state index contributed by atoms with van der Waals surface area (Å²) in [5.41, 5.74) is 1.99. The lowest BCUT2D eigenvalue weighted by Crippen LogP contribution is -2.41. The van der Waals surface area contributed by atoms with E-state index in [1.807, 2.05) is 6.07 Å². The summed E-state index contributed by atoms with van der Waals surface area (Å²) in [5, 5.41) is 14.1. The minimum absolute atomic E-state index is 0. The predicted octanol–water partition coefficient (Wildman–Crippen LogP) is 2.12. The van der Waals surface area contributed by atoms with Crippen LogP contribution < -0.4 is 10.6 Å². The van der Waals surface area contributed by atoms with Crippen LogP contribution in [0.3, 0.4) is 0 Å². The number of hydrogen-bond donors (Lipinski definition) is 3. The molecule has 1 aromatic rings. The molecular weight excluding hydrogens is 309 g/mol. The van der Waals surface area contributed by atoms with Gasteiger partial charge in [-0.1, -0.05) is 6.07 Å². The van der Waals surface area contributed by atoms with E-state index in [9.17, 15) is 18.0 Å². The van der Waals surface area contributed by atoms with Gasteiger partial charge in [-0.2, -0.15) is 13.2 Å². The molecule has 2 rings (SSSR count). The van der Waals surface area contributed by atoms with E-state index in [1.54, 1.807) is 12.1 Å². The van der Waals surface area contributed by atoms with Crippen molar-refractivity contribution in [2.75, 3.05) is 18.4 Å². The molecule has 4 nitrogen and oxygen atoms in total. The van der Waals surface area contributed by atoms with Crippen molar-refractivity contribution >= 4 is 24.0 Å². The summed E-state index contributed by atoms with van der Waals surface area (Å²) < 4.78 is 36.5. The second-order valence-corrected chi connectivity index (χ2v) is 4.63. The van der Waals surface area contributed by atoms with Gasteiger partial charge in [0.1, 0.15) is 0 Å². The maximum absolute atomic E-state index is 12.2. The smallest absolute Gasteiger partial charge is 0.385 e. The number of halogens is 4. The zero-order chi connectivity index (χ0) is 14.8. The van der Waals surface area contributed by atoms with Crippen LogP contribution in [0.5, 0.6) is 0 Å². The number of aliphatic hydroxyl groups excluding tert-OH is 1. The molecule has 0 aliphatic carbocycles. The third-order valence-corrected chi connectivity index (χ3v) is 3.17. The Morgan fingerprint density at radius 2 is 2.14 bits per heavy atom. The second-order valence-electron chi connectivity index (χ2n) is 4.63. The minimum Gasteiger partial charge on any atom is -0.385 e. The maximum Gasteiger partial charge on any atom is 0.416 e. The molecule has 0 saturated heterocycles. The third-order valence-electron chi connectivity index (χ3n) is 3.17. The van der Waals surface area contributed by atoms with Crippen molar-refractivity contribution in [3.8, 4) is 0 Å². The first-order chi connectivity index (χ1) is 9.39. The van der Waals surface area contributed by atoms with Crippen molar-refractivity contribution in [1.82, 2.24) is 5.32 Å². The number of anilines is 1. The number of carbonyl (C=O) groups is 1. The van der Waals surface area contributed by atoms with Gasteiger partial charge in [-0.3, -0.25) is 4.79 Å². The largest absolute Gasteiger partial charge is 0.416 e. The van der Waals surface area contributed by atoms with E-state index >= 15 is 0 Å². The zero-order valence-electron chi connectivity index (χ0n) is 11.0. The van der Waals surface area contributed by atoms with Crippen LogP contribution in [0, 0.1) is 0 Å². The monoisotopic (exact) mass is 324 g/mol. The highest BCUT2D eigenvalue weighted by molar-refractivity contribution is 5.97. The van der Waals surface area contributed by atoms with Crippen LogP contribution in [0.2, 0.25) is 0 Å². The fourth-order valence-corrected chi connectivity index (χ4v) is 2.12. The second kappa shape index (κ2) is 7.00. The normalized spacial score (nSPS) is 15.2.